The molecule has 0 radical (unpaired) electrons. The van der Waals surface area contributed by atoms with E-state index in [1.807, 2.05) is 12.1 Å². The minimum absolute atomic E-state index is 0.0917. The summed E-state index contributed by atoms with van der Waals surface area (Å²) in [5, 5.41) is 2.14. The molecule has 1 heterocycles. The van der Waals surface area contributed by atoms with E-state index in [0.717, 1.165) is 10.9 Å². The van der Waals surface area contributed by atoms with Crippen LogP contribution in [-0.2, 0) is 6.42 Å². The molecule has 0 aliphatic carbocycles. The molecule has 2 aromatic rings. The molecule has 4 heteroatoms. The summed E-state index contributed by atoms with van der Waals surface area (Å²) < 4.78 is 2.40. The highest BCUT2D eigenvalue weighted by Crippen LogP contribution is 2.24. The quantitative estimate of drug-likeness (QED) is 0.751. The number of halogens is 2. The molecule has 2 N–H and O–H groups in total. The second-order valence-corrected chi connectivity index (χ2v) is 7.35. The Balaban J connectivity index is 2.10. The zero-order valence-electron chi connectivity index (χ0n) is 8.49. The lowest BCUT2D eigenvalue weighted by atomic mass is 10.0. The van der Waals surface area contributed by atoms with Gasteiger partial charge in [-0.2, -0.15) is 0 Å². The van der Waals surface area contributed by atoms with Crippen molar-refractivity contribution in [2.45, 2.75) is 12.5 Å². The van der Waals surface area contributed by atoms with Gasteiger partial charge in [-0.1, -0.05) is 28.1 Å². The minimum Gasteiger partial charge on any atom is -0.324 e. The zero-order valence-corrected chi connectivity index (χ0v) is 13.1. The highest BCUT2D eigenvalue weighted by molar-refractivity contribution is 14.1. The topological polar surface area (TPSA) is 26.0 Å². The monoisotopic (exact) mass is 407 g/mol. The molecule has 0 saturated heterocycles. The van der Waals surface area contributed by atoms with E-state index in [-0.39, 0.29) is 6.04 Å². The van der Waals surface area contributed by atoms with Crippen molar-refractivity contribution in [2.75, 3.05) is 0 Å². The van der Waals surface area contributed by atoms with Crippen molar-refractivity contribution in [2.24, 2.45) is 5.73 Å². The predicted octanol–water partition coefficient (Wildman–Crippen LogP) is 4.36. The van der Waals surface area contributed by atoms with Gasteiger partial charge in [0.15, 0.2) is 0 Å². The largest absolute Gasteiger partial charge is 0.324 e. The standard InChI is InChI=1S/C12H11BrINS/c13-10-3-1-2-8(4-10)5-11(15)9-6-12(14)16-7-9/h1-4,6-7,11H,5,15H2. The third-order valence-electron chi connectivity index (χ3n) is 2.36. The lowest BCUT2D eigenvalue weighted by molar-refractivity contribution is 0.724. The van der Waals surface area contributed by atoms with Crippen LogP contribution in [0.1, 0.15) is 17.2 Å². The van der Waals surface area contributed by atoms with Crippen molar-refractivity contribution in [3.63, 3.8) is 0 Å². The van der Waals surface area contributed by atoms with Gasteiger partial charge in [0.2, 0.25) is 0 Å². The number of hydrogen-bond donors (Lipinski definition) is 1. The molecule has 0 fully saturated rings. The molecule has 0 saturated carbocycles. The van der Waals surface area contributed by atoms with Crippen LogP contribution in [-0.4, -0.2) is 0 Å². The van der Waals surface area contributed by atoms with Crippen LogP contribution in [0.2, 0.25) is 0 Å². The summed E-state index contributed by atoms with van der Waals surface area (Å²) in [7, 11) is 0. The van der Waals surface area contributed by atoms with Crippen molar-refractivity contribution in [1.82, 2.24) is 0 Å². The van der Waals surface area contributed by atoms with Crippen LogP contribution in [0.4, 0.5) is 0 Å². The maximum atomic E-state index is 6.18. The van der Waals surface area contributed by atoms with E-state index in [4.69, 9.17) is 5.73 Å². The van der Waals surface area contributed by atoms with Gasteiger partial charge in [0.25, 0.3) is 0 Å². The first-order chi connectivity index (χ1) is 7.65. The van der Waals surface area contributed by atoms with E-state index in [1.165, 1.54) is 14.0 Å². The van der Waals surface area contributed by atoms with Crippen LogP contribution in [0.15, 0.2) is 40.2 Å². The Bertz CT molecular complexity index is 483. The first-order valence-corrected chi connectivity index (χ1v) is 7.64. The number of hydrogen-bond acceptors (Lipinski definition) is 2. The fraction of sp³-hybridized carbons (Fsp3) is 0.167. The summed E-state index contributed by atoms with van der Waals surface area (Å²) in [6.45, 7) is 0. The highest BCUT2D eigenvalue weighted by atomic mass is 127. The highest BCUT2D eigenvalue weighted by Gasteiger charge is 2.09. The molecular weight excluding hydrogens is 397 g/mol. The summed E-state index contributed by atoms with van der Waals surface area (Å²) >= 11 is 7.54. The van der Waals surface area contributed by atoms with Crippen molar-refractivity contribution >= 4 is 49.9 Å². The van der Waals surface area contributed by atoms with Crippen LogP contribution in [0.5, 0.6) is 0 Å². The van der Waals surface area contributed by atoms with E-state index < -0.39 is 0 Å². The van der Waals surface area contributed by atoms with Gasteiger partial charge in [-0.15, -0.1) is 11.3 Å². The average molecular weight is 408 g/mol. The van der Waals surface area contributed by atoms with Crippen LogP contribution in [0.25, 0.3) is 0 Å². The van der Waals surface area contributed by atoms with Crippen LogP contribution < -0.4 is 5.73 Å². The van der Waals surface area contributed by atoms with Crippen LogP contribution in [0, 0.1) is 2.88 Å². The summed E-state index contributed by atoms with van der Waals surface area (Å²) in [4.78, 5) is 0. The van der Waals surface area contributed by atoms with Gasteiger partial charge in [0, 0.05) is 10.5 Å². The smallest absolute Gasteiger partial charge is 0.0656 e. The zero-order chi connectivity index (χ0) is 11.5. The molecule has 0 aliphatic rings. The molecule has 1 nitrogen and oxygen atoms in total. The van der Waals surface area contributed by atoms with Crippen molar-refractivity contribution < 1.29 is 0 Å². The van der Waals surface area contributed by atoms with E-state index in [2.05, 4.69) is 62.1 Å². The molecule has 84 valence electrons. The molecule has 1 aromatic carbocycles. The predicted molar refractivity (Wildman–Crippen MR) is 81.8 cm³/mol. The number of rotatable bonds is 3. The number of benzene rings is 1. The van der Waals surface area contributed by atoms with Crippen LogP contribution >= 0.6 is 49.9 Å². The van der Waals surface area contributed by atoms with Crippen molar-refractivity contribution in [1.29, 1.82) is 0 Å². The summed E-state index contributed by atoms with van der Waals surface area (Å²) in [6, 6.07) is 10.6. The SMILES string of the molecule is NC(Cc1cccc(Br)c1)c1csc(I)c1. The van der Waals surface area contributed by atoms with Crippen molar-refractivity contribution in [3.8, 4) is 0 Å². The van der Waals surface area contributed by atoms with E-state index in [1.54, 1.807) is 11.3 Å². The normalized spacial score (nSPS) is 12.7. The Hall–Kier alpha value is 0.0900. The van der Waals surface area contributed by atoms with E-state index in [9.17, 15) is 0 Å². The van der Waals surface area contributed by atoms with Gasteiger partial charge in [0.1, 0.15) is 0 Å². The summed E-state index contributed by atoms with van der Waals surface area (Å²) in [5.74, 6) is 0. The first-order valence-electron chi connectivity index (χ1n) is 4.89. The minimum atomic E-state index is 0.0917. The van der Waals surface area contributed by atoms with Gasteiger partial charge in [-0.05, 0) is 63.7 Å². The summed E-state index contributed by atoms with van der Waals surface area (Å²) in [5.41, 5.74) is 8.68. The summed E-state index contributed by atoms with van der Waals surface area (Å²) in [6.07, 6.45) is 0.881. The molecule has 0 amide bonds. The van der Waals surface area contributed by atoms with E-state index >= 15 is 0 Å². The van der Waals surface area contributed by atoms with Gasteiger partial charge < -0.3 is 5.73 Å². The van der Waals surface area contributed by atoms with Crippen molar-refractivity contribution in [3.05, 3.63) is 54.2 Å². The molecule has 1 unspecified atom stereocenters. The molecule has 1 atom stereocenters. The van der Waals surface area contributed by atoms with Gasteiger partial charge in [-0.3, -0.25) is 0 Å². The molecule has 16 heavy (non-hydrogen) atoms. The molecular formula is C12H11BrINS. The lowest BCUT2D eigenvalue weighted by Crippen LogP contribution is -2.12. The number of thiophene rings is 1. The maximum Gasteiger partial charge on any atom is 0.0656 e. The fourth-order valence-corrected chi connectivity index (χ4v) is 3.44. The molecule has 0 spiro atoms. The average Bonchev–Trinajstić information content (AvgIpc) is 2.65. The third-order valence-corrected chi connectivity index (χ3v) is 4.66. The van der Waals surface area contributed by atoms with Gasteiger partial charge in [0.05, 0.1) is 2.88 Å². The second-order valence-electron chi connectivity index (χ2n) is 3.62. The Morgan fingerprint density at radius 3 is 2.81 bits per heavy atom. The molecule has 1 aromatic heterocycles. The maximum absolute atomic E-state index is 6.18. The lowest BCUT2D eigenvalue weighted by Gasteiger charge is -2.10. The van der Waals surface area contributed by atoms with Gasteiger partial charge in [-0.25, -0.2) is 0 Å². The van der Waals surface area contributed by atoms with Crippen LogP contribution in [0.3, 0.4) is 0 Å². The first kappa shape index (κ1) is 12.5. The van der Waals surface area contributed by atoms with E-state index in [0.29, 0.717) is 0 Å². The second kappa shape index (κ2) is 5.62. The third kappa shape index (κ3) is 3.29. The Kier molecular flexibility index (Phi) is 4.41. The molecule has 2 rings (SSSR count). The van der Waals surface area contributed by atoms with Gasteiger partial charge >= 0.3 is 0 Å². The Labute approximate surface area is 121 Å². The number of nitrogens with two attached hydrogens (primary N) is 1. The Morgan fingerprint density at radius 2 is 2.19 bits per heavy atom. The Morgan fingerprint density at radius 1 is 1.38 bits per heavy atom. The molecule has 0 aliphatic heterocycles. The molecule has 0 bridgehead atoms. The fourth-order valence-electron chi connectivity index (χ4n) is 1.55.